The van der Waals surface area contributed by atoms with E-state index < -0.39 is 6.10 Å². The first-order valence-corrected chi connectivity index (χ1v) is 14.0. The lowest BCUT2D eigenvalue weighted by Gasteiger charge is -2.33. The number of carbonyl (C=O) groups is 1. The predicted molar refractivity (Wildman–Crippen MR) is 150 cm³/mol. The highest BCUT2D eigenvalue weighted by atomic mass is 32.1. The van der Waals surface area contributed by atoms with Crippen LogP contribution in [0.1, 0.15) is 40.2 Å². The van der Waals surface area contributed by atoms with Gasteiger partial charge in [-0.2, -0.15) is 0 Å². The summed E-state index contributed by atoms with van der Waals surface area (Å²) in [4.78, 5) is 27.2. The van der Waals surface area contributed by atoms with Gasteiger partial charge in [-0.3, -0.25) is 4.79 Å². The van der Waals surface area contributed by atoms with Crippen molar-refractivity contribution in [2.24, 2.45) is 0 Å². The topological polar surface area (TPSA) is 69.6 Å². The maximum atomic E-state index is 13.6. The van der Waals surface area contributed by atoms with Gasteiger partial charge in [0.15, 0.2) is 0 Å². The fourth-order valence-electron chi connectivity index (χ4n) is 5.09. The van der Waals surface area contributed by atoms with Crippen molar-refractivity contribution in [3.05, 3.63) is 87.1 Å². The van der Waals surface area contributed by atoms with Crippen LogP contribution in [0.5, 0.6) is 0 Å². The number of hydrogen-bond acceptors (Lipinski definition) is 6. The molecule has 198 valence electrons. The number of anilines is 1. The van der Waals surface area contributed by atoms with Crippen LogP contribution < -0.4 is 4.90 Å². The molecule has 3 heterocycles. The van der Waals surface area contributed by atoms with Gasteiger partial charge in [0, 0.05) is 42.5 Å². The molecule has 1 fully saturated rings. The van der Waals surface area contributed by atoms with E-state index in [4.69, 9.17) is 4.98 Å². The van der Waals surface area contributed by atoms with Crippen LogP contribution in [0.25, 0.3) is 10.9 Å². The second-order valence-electron chi connectivity index (χ2n) is 10.1. The maximum Gasteiger partial charge on any atom is 0.228 e. The first-order chi connectivity index (χ1) is 18.4. The number of pyridine rings is 1. The van der Waals surface area contributed by atoms with Gasteiger partial charge in [-0.25, -0.2) is 14.4 Å². The molecule has 1 atom stereocenters. The van der Waals surface area contributed by atoms with Crippen molar-refractivity contribution in [1.29, 1.82) is 0 Å². The number of halogens is 1. The summed E-state index contributed by atoms with van der Waals surface area (Å²) in [7, 11) is 0. The van der Waals surface area contributed by atoms with E-state index in [1.807, 2.05) is 23.3 Å². The molecule has 2 aromatic heterocycles. The molecule has 4 aromatic rings. The lowest BCUT2D eigenvalue weighted by atomic mass is 10.0. The van der Waals surface area contributed by atoms with E-state index in [-0.39, 0.29) is 18.1 Å². The van der Waals surface area contributed by atoms with E-state index in [1.165, 1.54) is 12.1 Å². The van der Waals surface area contributed by atoms with E-state index >= 15 is 0 Å². The summed E-state index contributed by atoms with van der Waals surface area (Å²) in [6, 6.07) is 14.7. The molecule has 1 aliphatic rings. The molecule has 1 aliphatic heterocycles. The van der Waals surface area contributed by atoms with Gasteiger partial charge in [0.1, 0.15) is 11.6 Å². The summed E-state index contributed by atoms with van der Waals surface area (Å²) >= 11 is 1.54. The van der Waals surface area contributed by atoms with Gasteiger partial charge in [0.25, 0.3) is 0 Å². The molecule has 1 N–H and O–H groups in total. The Morgan fingerprint density at radius 1 is 1.18 bits per heavy atom. The van der Waals surface area contributed by atoms with E-state index in [9.17, 15) is 14.3 Å². The van der Waals surface area contributed by atoms with Crippen LogP contribution in [-0.4, -0.2) is 51.6 Å². The van der Waals surface area contributed by atoms with Gasteiger partial charge < -0.3 is 14.9 Å². The Kier molecular flexibility index (Phi) is 8.00. The highest BCUT2D eigenvalue weighted by Gasteiger charge is 2.24. The number of aliphatic hydroxyl groups is 1. The highest BCUT2D eigenvalue weighted by Crippen LogP contribution is 2.29. The van der Waals surface area contributed by atoms with Gasteiger partial charge >= 0.3 is 0 Å². The zero-order chi connectivity index (χ0) is 26.6. The summed E-state index contributed by atoms with van der Waals surface area (Å²) in [5.74, 6) is 0.549. The summed E-state index contributed by atoms with van der Waals surface area (Å²) < 4.78 is 13.5. The van der Waals surface area contributed by atoms with E-state index in [1.54, 1.807) is 23.5 Å². The minimum atomic E-state index is -0.393. The number of benzene rings is 2. The first kappa shape index (κ1) is 26.3. The number of piperidine rings is 1. The van der Waals surface area contributed by atoms with Crippen LogP contribution in [0.3, 0.4) is 0 Å². The van der Waals surface area contributed by atoms with Crippen LogP contribution in [0, 0.1) is 19.7 Å². The number of aliphatic hydroxyl groups excluding tert-OH is 1. The monoisotopic (exact) mass is 532 g/mol. The number of amides is 1. The first-order valence-electron chi connectivity index (χ1n) is 13.1. The summed E-state index contributed by atoms with van der Waals surface area (Å²) in [6.45, 7) is 6.21. The molecule has 2 aromatic carbocycles. The number of carbonyl (C=O) groups excluding carboxylic acids is 1. The molecule has 0 unspecified atom stereocenters. The standard InChI is InChI=1S/C30H33FN4O2S/c1-20-5-3-6-23-15-24(30(33-29(20)23)35-13-4-7-27(36)18-35)17-34(14-12-22-8-10-25(31)11-9-22)28(37)16-26-19-38-21(2)32-26/h3,5-6,8-11,15,19,27,36H,4,7,12-14,16-18H2,1-2H3/t27-/m1/s1. The molecule has 0 bridgehead atoms. The number of β-amino-alcohol motifs (C(OH)–C–C–N with tert-alkyl or cyclic N) is 1. The van der Waals surface area contributed by atoms with Crippen molar-refractivity contribution in [1.82, 2.24) is 14.9 Å². The largest absolute Gasteiger partial charge is 0.391 e. The third-order valence-corrected chi connectivity index (χ3v) is 7.92. The minimum Gasteiger partial charge on any atom is -0.391 e. The van der Waals surface area contributed by atoms with Gasteiger partial charge in [-0.1, -0.05) is 30.3 Å². The number of nitrogens with zero attached hydrogens (tertiary/aromatic N) is 4. The molecule has 8 heteroatoms. The Bertz CT molecular complexity index is 1420. The van der Waals surface area contributed by atoms with Crippen molar-refractivity contribution in [2.45, 2.75) is 52.2 Å². The number of para-hydroxylation sites is 1. The van der Waals surface area contributed by atoms with Crippen molar-refractivity contribution in [3.8, 4) is 0 Å². The average Bonchev–Trinajstić information content (AvgIpc) is 3.31. The number of aryl methyl sites for hydroxylation is 2. The fourth-order valence-corrected chi connectivity index (χ4v) is 5.70. The molecular formula is C30H33FN4O2S. The molecule has 0 spiro atoms. The van der Waals surface area contributed by atoms with Crippen LogP contribution in [-0.2, 0) is 24.2 Å². The average molecular weight is 533 g/mol. The third-order valence-electron chi connectivity index (χ3n) is 7.10. The number of thiazole rings is 1. The van der Waals surface area contributed by atoms with Gasteiger partial charge in [0.05, 0.1) is 28.7 Å². The zero-order valence-corrected chi connectivity index (χ0v) is 22.7. The number of hydrogen-bond donors (Lipinski definition) is 1. The normalized spacial score (nSPS) is 15.7. The second kappa shape index (κ2) is 11.6. The smallest absolute Gasteiger partial charge is 0.228 e. The van der Waals surface area contributed by atoms with Crippen molar-refractivity contribution in [2.75, 3.05) is 24.5 Å². The molecule has 1 amide bonds. The van der Waals surface area contributed by atoms with Crippen LogP contribution in [0.15, 0.2) is 53.9 Å². The Morgan fingerprint density at radius 3 is 2.74 bits per heavy atom. The van der Waals surface area contributed by atoms with Crippen LogP contribution in [0.4, 0.5) is 10.2 Å². The quantitative estimate of drug-likeness (QED) is 0.337. The summed E-state index contributed by atoms with van der Waals surface area (Å²) in [6.07, 6.45) is 2.12. The molecule has 0 saturated carbocycles. The highest BCUT2D eigenvalue weighted by molar-refractivity contribution is 7.09. The molecule has 1 saturated heterocycles. The molecular weight excluding hydrogens is 499 g/mol. The van der Waals surface area contributed by atoms with Crippen LogP contribution in [0.2, 0.25) is 0 Å². The number of aromatic nitrogens is 2. The van der Waals surface area contributed by atoms with Gasteiger partial charge in [-0.15, -0.1) is 11.3 Å². The predicted octanol–water partition coefficient (Wildman–Crippen LogP) is 5.22. The van der Waals surface area contributed by atoms with Gasteiger partial charge in [0.2, 0.25) is 5.91 Å². The Balaban J connectivity index is 1.48. The molecule has 5 rings (SSSR count). The summed E-state index contributed by atoms with van der Waals surface area (Å²) in [5, 5.41) is 14.3. The lowest BCUT2D eigenvalue weighted by molar-refractivity contribution is -0.131. The SMILES string of the molecule is Cc1nc(CC(=O)N(CCc2ccc(F)cc2)Cc2cc3cccc(C)c3nc2N2CCC[C@@H](O)C2)cs1. The molecule has 6 nitrogen and oxygen atoms in total. The number of rotatable bonds is 8. The minimum absolute atomic E-state index is 0.00798. The Hall–Kier alpha value is -3.36. The summed E-state index contributed by atoms with van der Waals surface area (Å²) in [5.41, 5.74) is 4.74. The zero-order valence-electron chi connectivity index (χ0n) is 21.9. The Morgan fingerprint density at radius 2 is 2.00 bits per heavy atom. The van der Waals surface area contributed by atoms with E-state index in [0.717, 1.165) is 63.5 Å². The maximum absolute atomic E-state index is 13.6. The number of fused-ring (bicyclic) bond motifs is 1. The van der Waals surface area contributed by atoms with E-state index in [2.05, 4.69) is 35.0 Å². The van der Waals surface area contributed by atoms with Crippen molar-refractivity contribution < 1.29 is 14.3 Å². The molecule has 38 heavy (non-hydrogen) atoms. The van der Waals surface area contributed by atoms with Gasteiger partial charge in [-0.05, 0) is 62.4 Å². The van der Waals surface area contributed by atoms with Crippen LogP contribution >= 0.6 is 11.3 Å². The third kappa shape index (κ3) is 6.19. The van der Waals surface area contributed by atoms with E-state index in [0.29, 0.717) is 26.1 Å². The fraction of sp³-hybridized carbons (Fsp3) is 0.367. The molecule has 0 aliphatic carbocycles. The van der Waals surface area contributed by atoms with Crippen molar-refractivity contribution >= 4 is 34.0 Å². The molecule has 0 radical (unpaired) electrons. The lowest BCUT2D eigenvalue weighted by Crippen LogP contribution is -2.40. The van der Waals surface area contributed by atoms with Crippen molar-refractivity contribution in [3.63, 3.8) is 0 Å². The second-order valence-corrected chi connectivity index (χ2v) is 11.1. The Labute approximate surface area is 226 Å².